The molecule has 1 fully saturated rings. The van der Waals surface area contributed by atoms with E-state index in [1.165, 1.54) is 12.1 Å². The first kappa shape index (κ1) is 19.1. The number of alkyl halides is 6. The van der Waals surface area contributed by atoms with E-state index in [-0.39, 0.29) is 11.6 Å². The lowest BCUT2D eigenvalue weighted by Crippen LogP contribution is -2.32. The van der Waals surface area contributed by atoms with Gasteiger partial charge in [0.15, 0.2) is 0 Å². The summed E-state index contributed by atoms with van der Waals surface area (Å²) < 4.78 is 81.1. The summed E-state index contributed by atoms with van der Waals surface area (Å²) in [6.07, 6.45) is -8.13. The van der Waals surface area contributed by atoms with Gasteiger partial charge in [-0.3, -0.25) is 0 Å². The van der Waals surface area contributed by atoms with Crippen molar-refractivity contribution in [3.05, 3.63) is 53.1 Å². The third-order valence-electron chi connectivity index (χ3n) is 5.44. The molecule has 2 nitrogen and oxygen atoms in total. The molecule has 2 aromatic rings. The van der Waals surface area contributed by atoms with Crippen molar-refractivity contribution in [2.24, 2.45) is 0 Å². The van der Waals surface area contributed by atoms with E-state index in [0.717, 1.165) is 43.2 Å². The molecular formula is C20H18F6N2. The highest BCUT2D eigenvalue weighted by Crippen LogP contribution is 2.46. The van der Waals surface area contributed by atoms with Crippen molar-refractivity contribution in [1.29, 1.82) is 0 Å². The van der Waals surface area contributed by atoms with Crippen LogP contribution in [0.1, 0.15) is 23.1 Å². The second-order valence-electron chi connectivity index (χ2n) is 7.16. The zero-order chi connectivity index (χ0) is 20.1. The van der Waals surface area contributed by atoms with Gasteiger partial charge in [-0.05, 0) is 48.7 Å². The number of fused-ring (bicyclic) bond motifs is 3. The molecule has 1 atom stereocenters. The van der Waals surface area contributed by atoms with Gasteiger partial charge in [0.05, 0.1) is 11.1 Å². The average molecular weight is 400 g/mol. The Labute approximate surface area is 158 Å². The Kier molecular flexibility index (Phi) is 4.56. The van der Waals surface area contributed by atoms with Crippen LogP contribution in [0, 0.1) is 0 Å². The molecule has 0 saturated carbocycles. The minimum Gasteiger partial charge on any atom is -0.367 e. The van der Waals surface area contributed by atoms with Gasteiger partial charge in [0.2, 0.25) is 0 Å². The first-order valence-electron chi connectivity index (χ1n) is 9.04. The van der Waals surface area contributed by atoms with Crippen LogP contribution < -0.4 is 10.2 Å². The van der Waals surface area contributed by atoms with Crippen LogP contribution in [0.3, 0.4) is 0 Å². The quantitative estimate of drug-likeness (QED) is 0.669. The molecule has 2 aliphatic rings. The molecule has 0 aromatic heterocycles. The van der Waals surface area contributed by atoms with E-state index in [0.29, 0.717) is 18.7 Å². The molecule has 150 valence electrons. The van der Waals surface area contributed by atoms with Crippen LogP contribution in [-0.4, -0.2) is 25.7 Å². The van der Waals surface area contributed by atoms with Gasteiger partial charge in [-0.25, -0.2) is 0 Å². The fourth-order valence-corrected chi connectivity index (χ4v) is 4.21. The number of nitrogens with one attached hydrogen (secondary N) is 1. The van der Waals surface area contributed by atoms with Crippen LogP contribution in [0.4, 0.5) is 32.0 Å². The van der Waals surface area contributed by atoms with Crippen LogP contribution in [0.5, 0.6) is 0 Å². The van der Waals surface area contributed by atoms with E-state index in [1.807, 2.05) is 0 Å². The maximum atomic E-state index is 13.5. The van der Waals surface area contributed by atoms with E-state index in [9.17, 15) is 26.3 Å². The Morgan fingerprint density at radius 2 is 1.57 bits per heavy atom. The molecule has 1 N–H and O–H groups in total. The summed E-state index contributed by atoms with van der Waals surface area (Å²) in [5.74, 6) is 0. The second kappa shape index (κ2) is 6.69. The molecule has 1 unspecified atom stereocenters. The van der Waals surface area contributed by atoms with Gasteiger partial charge < -0.3 is 10.2 Å². The molecular weight excluding hydrogens is 382 g/mol. The number of nitrogens with zero attached hydrogens (tertiary/aromatic N) is 1. The summed E-state index contributed by atoms with van der Waals surface area (Å²) in [6.45, 7) is 2.25. The van der Waals surface area contributed by atoms with E-state index in [1.54, 1.807) is 6.07 Å². The molecule has 0 aliphatic carbocycles. The summed E-state index contributed by atoms with van der Waals surface area (Å²) in [7, 11) is 0. The molecule has 4 rings (SSSR count). The van der Waals surface area contributed by atoms with Crippen LogP contribution in [0.15, 0.2) is 36.4 Å². The summed E-state index contributed by atoms with van der Waals surface area (Å²) >= 11 is 0. The number of hydrogen-bond donors (Lipinski definition) is 1. The molecule has 0 radical (unpaired) electrons. The van der Waals surface area contributed by atoms with Crippen molar-refractivity contribution < 1.29 is 26.3 Å². The molecule has 2 heterocycles. The first-order valence-corrected chi connectivity index (χ1v) is 9.04. The number of rotatable bonds is 1. The minimum absolute atomic E-state index is 0.0585. The Bertz CT molecular complexity index is 855. The highest BCUT2D eigenvalue weighted by Gasteiger charge is 2.41. The lowest BCUT2D eigenvalue weighted by atomic mass is 9.92. The van der Waals surface area contributed by atoms with Crippen LogP contribution in [0.25, 0.3) is 11.1 Å². The van der Waals surface area contributed by atoms with Gasteiger partial charge in [0.25, 0.3) is 0 Å². The van der Waals surface area contributed by atoms with Crippen molar-refractivity contribution in [3.63, 3.8) is 0 Å². The lowest BCUT2D eigenvalue weighted by molar-refractivity contribution is -0.142. The van der Waals surface area contributed by atoms with Crippen molar-refractivity contribution >= 4 is 5.69 Å². The maximum Gasteiger partial charge on any atom is 0.417 e. The van der Waals surface area contributed by atoms with Crippen LogP contribution >= 0.6 is 0 Å². The largest absolute Gasteiger partial charge is 0.417 e. The number of halogens is 6. The minimum atomic E-state index is -4.88. The summed E-state index contributed by atoms with van der Waals surface area (Å²) in [6, 6.07) is 6.97. The van der Waals surface area contributed by atoms with Crippen molar-refractivity contribution in [1.82, 2.24) is 5.32 Å². The number of benzene rings is 2. The molecule has 28 heavy (non-hydrogen) atoms. The Balaban J connectivity index is 1.88. The van der Waals surface area contributed by atoms with Gasteiger partial charge in [-0.15, -0.1) is 0 Å². The third-order valence-corrected chi connectivity index (χ3v) is 5.44. The van der Waals surface area contributed by atoms with Gasteiger partial charge in [-0.2, -0.15) is 26.3 Å². The first-order chi connectivity index (χ1) is 13.2. The van der Waals surface area contributed by atoms with E-state index >= 15 is 0 Å². The molecule has 1 saturated heterocycles. The van der Waals surface area contributed by atoms with Gasteiger partial charge in [0.1, 0.15) is 0 Å². The van der Waals surface area contributed by atoms with Crippen molar-refractivity contribution in [3.8, 4) is 11.1 Å². The fraction of sp³-hybridized carbons (Fsp3) is 0.400. The summed E-state index contributed by atoms with van der Waals surface area (Å²) in [5, 5.41) is 3.27. The summed E-state index contributed by atoms with van der Waals surface area (Å²) in [5.41, 5.74) is -1.70. The molecule has 0 amide bonds. The van der Waals surface area contributed by atoms with Crippen LogP contribution in [-0.2, 0) is 18.8 Å². The number of hydrogen-bond acceptors (Lipinski definition) is 2. The van der Waals surface area contributed by atoms with E-state index in [4.69, 9.17) is 0 Å². The normalized spacial score (nSPS) is 19.9. The molecule has 8 heteroatoms. The predicted molar refractivity (Wildman–Crippen MR) is 94.2 cm³/mol. The predicted octanol–water partition coefficient (Wildman–Crippen LogP) is 5.12. The molecule has 2 aromatic carbocycles. The fourth-order valence-electron chi connectivity index (χ4n) is 4.21. The van der Waals surface area contributed by atoms with Gasteiger partial charge in [0, 0.05) is 30.4 Å². The summed E-state index contributed by atoms with van der Waals surface area (Å²) in [4.78, 5) is 2.10. The van der Waals surface area contributed by atoms with Crippen molar-refractivity contribution in [2.45, 2.75) is 31.2 Å². The molecule has 0 bridgehead atoms. The van der Waals surface area contributed by atoms with Crippen molar-refractivity contribution in [2.75, 3.05) is 24.5 Å². The molecule has 0 spiro atoms. The zero-order valence-corrected chi connectivity index (χ0v) is 14.8. The average Bonchev–Trinajstić information content (AvgIpc) is 2.80. The standard InChI is InChI=1S/C20H18F6N2/c21-19(22,23)15-2-1-3-16(20(24,25)26)18(15)13-5-4-12-10-14-6-7-27-8-9-28(14)17(12)11-13/h1-5,11,14,27H,6-10H2. The Morgan fingerprint density at radius 1 is 0.893 bits per heavy atom. The highest BCUT2D eigenvalue weighted by molar-refractivity contribution is 5.78. The number of anilines is 1. The smallest absolute Gasteiger partial charge is 0.367 e. The highest BCUT2D eigenvalue weighted by atomic mass is 19.4. The monoisotopic (exact) mass is 400 g/mol. The zero-order valence-electron chi connectivity index (χ0n) is 14.8. The second-order valence-corrected chi connectivity index (χ2v) is 7.16. The van der Waals surface area contributed by atoms with Crippen LogP contribution in [0.2, 0.25) is 0 Å². The molecule has 2 aliphatic heterocycles. The Hall–Kier alpha value is -2.22. The van der Waals surface area contributed by atoms with Gasteiger partial charge in [-0.1, -0.05) is 18.2 Å². The van der Waals surface area contributed by atoms with Gasteiger partial charge >= 0.3 is 12.4 Å². The SMILES string of the molecule is FC(F)(F)c1cccc(C(F)(F)F)c1-c1ccc2c(c1)N1CCNCCC1C2. The topological polar surface area (TPSA) is 15.3 Å². The maximum absolute atomic E-state index is 13.5. The van der Waals surface area contributed by atoms with E-state index in [2.05, 4.69) is 10.2 Å². The Morgan fingerprint density at radius 3 is 2.21 bits per heavy atom. The lowest BCUT2D eigenvalue weighted by Gasteiger charge is -2.25. The third kappa shape index (κ3) is 3.34. The van der Waals surface area contributed by atoms with E-state index < -0.39 is 29.0 Å².